The second-order valence-corrected chi connectivity index (χ2v) is 2.51. The van der Waals surface area contributed by atoms with E-state index in [1.165, 1.54) is 5.56 Å². The van der Waals surface area contributed by atoms with Crippen molar-refractivity contribution in [2.45, 2.75) is 20.8 Å². The fourth-order valence-electron chi connectivity index (χ4n) is 0.426. The predicted octanol–water partition coefficient (Wildman–Crippen LogP) is -0.938. The molecule has 0 aliphatic carbocycles. The van der Waals surface area contributed by atoms with Gasteiger partial charge in [0.25, 0.3) is 0 Å². The summed E-state index contributed by atoms with van der Waals surface area (Å²) in [6, 6.07) is 3.94. The zero-order valence-corrected chi connectivity index (χ0v) is 12.2. The molecule has 100 valence electrons. The summed E-state index contributed by atoms with van der Waals surface area (Å²) in [4.78, 5) is 21.6. The molecule has 0 saturated carbocycles. The van der Waals surface area contributed by atoms with Gasteiger partial charge in [0.2, 0.25) is 0 Å². The van der Waals surface area contributed by atoms with Crippen molar-refractivity contribution in [1.29, 1.82) is 0 Å². The smallest absolute Gasteiger partial charge is 0.550 e. The molecule has 0 spiro atoms. The summed E-state index contributed by atoms with van der Waals surface area (Å²) >= 11 is 0. The minimum absolute atomic E-state index is 0. The normalized spacial score (nSPS) is 6.53. The fourth-order valence-corrected chi connectivity index (χ4v) is 0.426. The summed E-state index contributed by atoms with van der Waals surface area (Å²) in [6.07, 6.45) is 3.57. The predicted molar refractivity (Wildman–Crippen MR) is 55.4 cm³/mol. The zero-order chi connectivity index (χ0) is 12.3. The van der Waals surface area contributed by atoms with Crippen molar-refractivity contribution in [3.8, 4) is 0 Å². The number of nitrogens with zero attached hydrogens (tertiary/aromatic N) is 1. The summed E-state index contributed by atoms with van der Waals surface area (Å²) in [5.41, 5.74) is 1.26. The topological polar surface area (TPSA) is 128 Å². The van der Waals surface area contributed by atoms with Gasteiger partial charge in [-0.1, -0.05) is 0 Å². The molecule has 6 nitrogen and oxygen atoms in total. The molecule has 0 bridgehead atoms. The molecular weight excluding hydrogens is 407 g/mol. The number of hydrogen-bond acceptors (Lipinski definition) is 6. The number of hydrogen-bond donors (Lipinski definition) is 1. The summed E-state index contributed by atoms with van der Waals surface area (Å²) in [5.74, 6) is -2.17. The second-order valence-electron chi connectivity index (χ2n) is 2.51. The van der Waals surface area contributed by atoms with E-state index in [2.05, 4.69) is 4.98 Å². The van der Waals surface area contributed by atoms with Crippen molar-refractivity contribution < 1.29 is 40.9 Å². The molecule has 0 unspecified atom stereocenters. The zero-order valence-electron chi connectivity index (χ0n) is 9.91. The van der Waals surface area contributed by atoms with Crippen molar-refractivity contribution in [3.63, 3.8) is 0 Å². The third-order valence-electron chi connectivity index (χ3n) is 0.847. The van der Waals surface area contributed by atoms with Gasteiger partial charge in [0.1, 0.15) is 0 Å². The van der Waals surface area contributed by atoms with Gasteiger partial charge in [-0.25, -0.2) is 0 Å². The van der Waals surface area contributed by atoms with Gasteiger partial charge in [0, 0.05) is 24.3 Å². The number of carbonyl (C=O) groups excluding carboxylic acids is 2. The van der Waals surface area contributed by atoms with Crippen LogP contribution in [0.15, 0.2) is 24.5 Å². The molecule has 0 aliphatic rings. The quantitative estimate of drug-likeness (QED) is 0.574. The summed E-state index contributed by atoms with van der Waals surface area (Å²) in [7, 11) is 0. The Labute approximate surface area is 115 Å². The summed E-state index contributed by atoms with van der Waals surface area (Å²) < 4.78 is 0. The molecule has 7 heteroatoms. The van der Waals surface area contributed by atoms with Crippen molar-refractivity contribution in [1.82, 2.24) is 11.1 Å². The van der Waals surface area contributed by atoms with E-state index < -0.39 is 11.9 Å². The Bertz CT molecular complexity index is 274. The number of aryl methyl sites for hydroxylation is 1. The monoisotopic (exact) mass is 423 g/mol. The molecule has 3 N–H and O–H groups in total. The van der Waals surface area contributed by atoms with Crippen LogP contribution in [0.1, 0.15) is 19.4 Å². The fraction of sp³-hybridized carbons (Fsp3) is 0.300. The average molecular weight is 423 g/mol. The van der Waals surface area contributed by atoms with Crippen LogP contribution in [-0.4, -0.2) is 16.9 Å². The number of carbonyl (C=O) groups is 2. The Balaban J connectivity index is -0.0000000755. The summed E-state index contributed by atoms with van der Waals surface area (Å²) in [5, 5.41) is 17.8. The maximum absolute atomic E-state index is 8.89. The molecular formula is C10H16N2O4Pt. The van der Waals surface area contributed by atoms with E-state index in [0.717, 1.165) is 13.8 Å². The van der Waals surface area contributed by atoms with E-state index in [1.807, 2.05) is 19.1 Å². The Hall–Kier alpha value is -1.26. The molecule has 0 atom stereocenters. The van der Waals surface area contributed by atoms with Gasteiger partial charge < -0.3 is 26.0 Å². The minimum Gasteiger partial charge on any atom is -0.550 e. The van der Waals surface area contributed by atoms with Crippen LogP contribution in [0.5, 0.6) is 0 Å². The molecule has 1 aromatic rings. The van der Waals surface area contributed by atoms with E-state index in [1.54, 1.807) is 12.4 Å². The SMILES string of the molecule is CC(=O)[O-].CC(=O)[O-].Cc1ccncc1.N.[Pt+2]. The molecule has 0 fully saturated rings. The van der Waals surface area contributed by atoms with Gasteiger partial charge in [-0.2, -0.15) is 0 Å². The number of aliphatic carboxylic acids is 2. The Morgan fingerprint density at radius 2 is 1.29 bits per heavy atom. The largest absolute Gasteiger partial charge is 2.00 e. The van der Waals surface area contributed by atoms with Gasteiger partial charge >= 0.3 is 21.1 Å². The van der Waals surface area contributed by atoms with Gasteiger partial charge in [0.05, 0.1) is 0 Å². The molecule has 0 radical (unpaired) electrons. The first kappa shape index (κ1) is 24.8. The molecule has 0 saturated heterocycles. The molecule has 1 aromatic heterocycles. The number of carboxylic acids is 2. The van der Waals surface area contributed by atoms with Crippen LogP contribution in [-0.2, 0) is 30.7 Å². The first-order valence-electron chi connectivity index (χ1n) is 4.08. The van der Waals surface area contributed by atoms with Gasteiger partial charge in [-0.3, -0.25) is 4.98 Å². The van der Waals surface area contributed by atoms with Gasteiger partial charge in [-0.15, -0.1) is 0 Å². The van der Waals surface area contributed by atoms with Gasteiger partial charge in [-0.05, 0) is 38.5 Å². The van der Waals surface area contributed by atoms with E-state index in [9.17, 15) is 0 Å². The van der Waals surface area contributed by atoms with Crippen LogP contribution < -0.4 is 16.4 Å². The van der Waals surface area contributed by atoms with Crippen molar-refractivity contribution in [3.05, 3.63) is 30.1 Å². The molecule has 1 heterocycles. The molecule has 1 rings (SSSR count). The van der Waals surface area contributed by atoms with Crippen LogP contribution in [0.3, 0.4) is 0 Å². The average Bonchev–Trinajstić information content (AvgIpc) is 2.03. The molecule has 0 amide bonds. The van der Waals surface area contributed by atoms with Crippen LogP contribution in [0.2, 0.25) is 0 Å². The molecule has 17 heavy (non-hydrogen) atoms. The maximum Gasteiger partial charge on any atom is 2.00 e. The third-order valence-corrected chi connectivity index (χ3v) is 0.847. The Morgan fingerprint density at radius 1 is 1.06 bits per heavy atom. The van der Waals surface area contributed by atoms with Crippen LogP contribution in [0.4, 0.5) is 0 Å². The minimum atomic E-state index is -1.08. The van der Waals surface area contributed by atoms with Crippen molar-refractivity contribution >= 4 is 11.9 Å². The van der Waals surface area contributed by atoms with Crippen LogP contribution in [0.25, 0.3) is 0 Å². The van der Waals surface area contributed by atoms with Gasteiger partial charge in [0.15, 0.2) is 0 Å². The van der Waals surface area contributed by atoms with E-state index >= 15 is 0 Å². The van der Waals surface area contributed by atoms with Crippen LogP contribution >= 0.6 is 0 Å². The van der Waals surface area contributed by atoms with Crippen molar-refractivity contribution in [2.24, 2.45) is 0 Å². The number of rotatable bonds is 0. The Morgan fingerprint density at radius 3 is 1.41 bits per heavy atom. The number of carboxylic acid groups (broad SMARTS) is 2. The second kappa shape index (κ2) is 17.1. The van der Waals surface area contributed by atoms with Crippen molar-refractivity contribution in [2.75, 3.05) is 0 Å². The maximum atomic E-state index is 8.89. The Kier molecular flexibility index (Phi) is 25.0. The molecule has 0 aliphatic heterocycles. The standard InChI is InChI=1S/C6H7N.2C2H4O2.H3N.Pt/c1-6-2-4-7-5-3-6;2*1-2(3)4;;/h2-5H,1H3;2*1H3,(H,3,4);1H3;/q;;;;+2/p-2. The first-order valence-corrected chi connectivity index (χ1v) is 4.08. The molecule has 0 aromatic carbocycles. The summed E-state index contributed by atoms with van der Waals surface area (Å²) in [6.45, 7) is 3.99. The van der Waals surface area contributed by atoms with E-state index in [4.69, 9.17) is 19.8 Å². The van der Waals surface area contributed by atoms with Crippen LogP contribution in [0, 0.1) is 6.92 Å². The first-order chi connectivity index (χ1) is 6.86. The van der Waals surface area contributed by atoms with E-state index in [0.29, 0.717) is 0 Å². The number of aromatic nitrogens is 1. The van der Waals surface area contributed by atoms with E-state index in [-0.39, 0.29) is 27.2 Å². The third kappa shape index (κ3) is 52.7. The number of pyridine rings is 1.